The Morgan fingerprint density at radius 3 is 2.75 bits per heavy atom. The van der Waals surface area contributed by atoms with Gasteiger partial charge in [0, 0.05) is 30.9 Å². The number of anilines is 1. The largest absolute Gasteiger partial charge is 0.481 e. The number of hydrogen-bond donors (Lipinski definition) is 1. The van der Waals surface area contributed by atoms with Gasteiger partial charge >= 0.3 is 0 Å². The minimum atomic E-state index is 0.204. The molecule has 1 saturated heterocycles. The fraction of sp³-hybridized carbons (Fsp3) is 0.636. The number of nitrogens with two attached hydrogens (primary N) is 1. The number of methoxy groups -OCH3 is 1. The summed E-state index contributed by atoms with van der Waals surface area (Å²) >= 11 is 0. The van der Waals surface area contributed by atoms with Crippen molar-refractivity contribution in [3.05, 3.63) is 11.8 Å². The normalized spacial score (nSPS) is 24.9. The van der Waals surface area contributed by atoms with Crippen molar-refractivity contribution in [2.75, 3.05) is 25.1 Å². The highest BCUT2D eigenvalue weighted by atomic mass is 16.5. The van der Waals surface area contributed by atoms with Crippen molar-refractivity contribution < 1.29 is 4.74 Å². The maximum Gasteiger partial charge on any atom is 0.228 e. The third-order valence-electron chi connectivity index (χ3n) is 2.98. The Kier molecular flexibility index (Phi) is 2.96. The van der Waals surface area contributed by atoms with Gasteiger partial charge in [0.05, 0.1) is 7.11 Å². The molecule has 16 heavy (non-hydrogen) atoms. The molecule has 2 rings (SSSR count). The van der Waals surface area contributed by atoms with Crippen molar-refractivity contribution in [2.45, 2.75) is 19.9 Å². The van der Waals surface area contributed by atoms with Gasteiger partial charge in [-0.1, -0.05) is 6.92 Å². The first-order valence-electron chi connectivity index (χ1n) is 5.50. The first-order valence-corrected chi connectivity index (χ1v) is 5.50. The van der Waals surface area contributed by atoms with E-state index in [1.807, 2.05) is 13.0 Å². The molecule has 0 amide bonds. The Bertz CT molecular complexity index is 372. The van der Waals surface area contributed by atoms with Crippen molar-refractivity contribution in [1.82, 2.24) is 9.97 Å². The standard InChI is InChI=1S/C11H18N4O/c1-7-5-15(6-9(7)12)11-13-8(2)4-10(14-11)16-3/h4,7,9H,5-6,12H2,1-3H3. The average molecular weight is 222 g/mol. The first-order chi connectivity index (χ1) is 7.60. The number of aryl methyl sites for hydroxylation is 1. The van der Waals surface area contributed by atoms with E-state index < -0.39 is 0 Å². The zero-order valence-electron chi connectivity index (χ0n) is 9.97. The van der Waals surface area contributed by atoms with Crippen LogP contribution in [0.3, 0.4) is 0 Å². The quantitative estimate of drug-likeness (QED) is 0.793. The number of ether oxygens (including phenoxy) is 1. The lowest BCUT2D eigenvalue weighted by molar-refractivity contribution is 0.396. The zero-order valence-corrected chi connectivity index (χ0v) is 9.97. The lowest BCUT2D eigenvalue weighted by Gasteiger charge is -2.16. The molecule has 5 heteroatoms. The molecule has 2 unspecified atom stereocenters. The minimum absolute atomic E-state index is 0.204. The molecule has 0 bridgehead atoms. The van der Waals surface area contributed by atoms with Crippen LogP contribution in [0.5, 0.6) is 5.88 Å². The second-order valence-electron chi connectivity index (χ2n) is 4.40. The predicted octanol–water partition coefficient (Wildman–Crippen LogP) is 0.577. The average Bonchev–Trinajstić information content (AvgIpc) is 2.58. The van der Waals surface area contributed by atoms with Crippen LogP contribution >= 0.6 is 0 Å². The molecule has 1 aromatic rings. The summed E-state index contributed by atoms with van der Waals surface area (Å²) in [7, 11) is 1.61. The number of aromatic nitrogens is 2. The van der Waals surface area contributed by atoms with Gasteiger partial charge in [-0.3, -0.25) is 0 Å². The van der Waals surface area contributed by atoms with Crippen LogP contribution in [-0.2, 0) is 0 Å². The molecule has 0 saturated carbocycles. The third kappa shape index (κ3) is 2.09. The van der Waals surface area contributed by atoms with Crippen LogP contribution in [0, 0.1) is 12.8 Å². The van der Waals surface area contributed by atoms with Crippen LogP contribution in [-0.4, -0.2) is 36.2 Å². The van der Waals surface area contributed by atoms with Crippen LogP contribution in [0.25, 0.3) is 0 Å². The first kappa shape index (κ1) is 11.1. The molecule has 88 valence electrons. The minimum Gasteiger partial charge on any atom is -0.481 e. The molecule has 1 aromatic heterocycles. The summed E-state index contributed by atoms with van der Waals surface area (Å²) in [6.45, 7) is 5.81. The van der Waals surface area contributed by atoms with Crippen molar-refractivity contribution in [2.24, 2.45) is 11.7 Å². The summed E-state index contributed by atoms with van der Waals surface area (Å²) in [6, 6.07) is 2.03. The van der Waals surface area contributed by atoms with E-state index in [1.165, 1.54) is 0 Å². The maximum atomic E-state index is 5.99. The summed E-state index contributed by atoms with van der Waals surface area (Å²) in [6.07, 6.45) is 0. The van der Waals surface area contributed by atoms with Crippen molar-refractivity contribution in [3.8, 4) is 5.88 Å². The van der Waals surface area contributed by atoms with Crippen LogP contribution in [0.15, 0.2) is 6.07 Å². The monoisotopic (exact) mass is 222 g/mol. The molecule has 0 aromatic carbocycles. The molecule has 0 aliphatic carbocycles. The van der Waals surface area contributed by atoms with E-state index in [2.05, 4.69) is 21.8 Å². The summed E-state index contributed by atoms with van der Waals surface area (Å²) in [5.74, 6) is 1.81. The summed E-state index contributed by atoms with van der Waals surface area (Å²) < 4.78 is 5.14. The lowest BCUT2D eigenvalue weighted by Crippen LogP contribution is -2.29. The van der Waals surface area contributed by atoms with E-state index in [0.717, 1.165) is 24.7 Å². The molecular formula is C11H18N4O. The molecule has 2 N–H and O–H groups in total. The van der Waals surface area contributed by atoms with Gasteiger partial charge in [-0.2, -0.15) is 4.98 Å². The number of hydrogen-bond acceptors (Lipinski definition) is 5. The Morgan fingerprint density at radius 2 is 2.19 bits per heavy atom. The molecule has 1 aliphatic rings. The zero-order chi connectivity index (χ0) is 11.7. The maximum absolute atomic E-state index is 5.99. The highest BCUT2D eigenvalue weighted by Crippen LogP contribution is 2.21. The Labute approximate surface area is 95.6 Å². The van der Waals surface area contributed by atoms with Gasteiger partial charge < -0.3 is 15.4 Å². The van der Waals surface area contributed by atoms with Gasteiger partial charge in [-0.25, -0.2) is 4.98 Å². The van der Waals surface area contributed by atoms with Crippen LogP contribution < -0.4 is 15.4 Å². The van der Waals surface area contributed by atoms with E-state index in [9.17, 15) is 0 Å². The second-order valence-corrected chi connectivity index (χ2v) is 4.40. The fourth-order valence-corrected chi connectivity index (χ4v) is 1.93. The molecule has 5 nitrogen and oxygen atoms in total. The Morgan fingerprint density at radius 1 is 1.44 bits per heavy atom. The van der Waals surface area contributed by atoms with E-state index >= 15 is 0 Å². The summed E-state index contributed by atoms with van der Waals surface area (Å²) in [5, 5.41) is 0. The van der Waals surface area contributed by atoms with Gasteiger partial charge in [0.1, 0.15) is 0 Å². The number of nitrogens with zero attached hydrogens (tertiary/aromatic N) is 3. The Hall–Kier alpha value is -1.36. The van der Waals surface area contributed by atoms with E-state index in [-0.39, 0.29) is 6.04 Å². The molecule has 2 heterocycles. The van der Waals surface area contributed by atoms with Gasteiger partial charge in [-0.15, -0.1) is 0 Å². The Balaban J connectivity index is 2.24. The van der Waals surface area contributed by atoms with Gasteiger partial charge in [-0.05, 0) is 12.8 Å². The molecule has 2 atom stereocenters. The second kappa shape index (κ2) is 4.25. The third-order valence-corrected chi connectivity index (χ3v) is 2.98. The van der Waals surface area contributed by atoms with Gasteiger partial charge in [0.15, 0.2) is 0 Å². The van der Waals surface area contributed by atoms with Crippen LogP contribution in [0.4, 0.5) is 5.95 Å². The summed E-state index contributed by atoms with van der Waals surface area (Å²) in [4.78, 5) is 10.9. The molecule has 1 aliphatic heterocycles. The highest BCUT2D eigenvalue weighted by molar-refractivity contribution is 5.36. The molecule has 0 radical (unpaired) electrons. The van der Waals surface area contributed by atoms with Crippen LogP contribution in [0.1, 0.15) is 12.6 Å². The molecule has 1 fully saturated rings. The molecule has 0 spiro atoms. The SMILES string of the molecule is COc1cc(C)nc(N2CC(C)C(N)C2)n1. The van der Waals surface area contributed by atoms with Gasteiger partial charge in [0.2, 0.25) is 11.8 Å². The van der Waals surface area contributed by atoms with E-state index in [4.69, 9.17) is 10.5 Å². The lowest BCUT2D eigenvalue weighted by atomic mass is 10.1. The highest BCUT2D eigenvalue weighted by Gasteiger charge is 2.28. The topological polar surface area (TPSA) is 64.3 Å². The van der Waals surface area contributed by atoms with Crippen molar-refractivity contribution >= 4 is 5.95 Å². The molecular weight excluding hydrogens is 204 g/mol. The predicted molar refractivity (Wildman–Crippen MR) is 62.7 cm³/mol. The van der Waals surface area contributed by atoms with E-state index in [0.29, 0.717) is 11.8 Å². The van der Waals surface area contributed by atoms with Crippen LogP contribution in [0.2, 0.25) is 0 Å². The summed E-state index contributed by atoms with van der Waals surface area (Å²) in [5.41, 5.74) is 6.90. The van der Waals surface area contributed by atoms with Crippen molar-refractivity contribution in [1.29, 1.82) is 0 Å². The smallest absolute Gasteiger partial charge is 0.228 e. The van der Waals surface area contributed by atoms with E-state index in [1.54, 1.807) is 7.11 Å². The number of rotatable bonds is 2. The van der Waals surface area contributed by atoms with Gasteiger partial charge in [0.25, 0.3) is 0 Å². The fourth-order valence-electron chi connectivity index (χ4n) is 1.93. The van der Waals surface area contributed by atoms with Crippen molar-refractivity contribution in [3.63, 3.8) is 0 Å².